The van der Waals surface area contributed by atoms with Gasteiger partial charge in [-0.25, -0.2) is 13.8 Å². The van der Waals surface area contributed by atoms with Crippen LogP contribution in [-0.4, -0.2) is 39.3 Å². The van der Waals surface area contributed by atoms with Crippen molar-refractivity contribution in [2.24, 2.45) is 5.92 Å². The number of halogens is 2. The van der Waals surface area contributed by atoms with Crippen LogP contribution in [0.4, 0.5) is 14.6 Å². The number of carbonyl (C=O) groups is 1. The quantitative estimate of drug-likeness (QED) is 0.916. The molecular weight excluding hydrogens is 306 g/mol. The molecule has 23 heavy (non-hydrogen) atoms. The first-order valence-electron chi connectivity index (χ1n) is 7.57. The van der Waals surface area contributed by atoms with Crippen molar-refractivity contribution in [3.63, 3.8) is 0 Å². The summed E-state index contributed by atoms with van der Waals surface area (Å²) in [5, 5.41) is 4.56. The number of hydrogen-bond donors (Lipinski definition) is 1. The summed E-state index contributed by atoms with van der Waals surface area (Å²) in [5.41, 5.74) is 6.35. The molecule has 2 aliphatic rings. The number of nitrogens with two attached hydrogens (primary N) is 1. The Bertz CT molecular complexity index is 804. The maximum Gasteiger partial charge on any atom is 0.257 e. The first-order chi connectivity index (χ1) is 10.9. The lowest BCUT2D eigenvalue weighted by Crippen LogP contribution is -2.28. The molecule has 0 spiro atoms. The number of alkyl halides is 2. The molecule has 0 radical (unpaired) electrons. The van der Waals surface area contributed by atoms with E-state index in [0.717, 1.165) is 4.68 Å². The van der Waals surface area contributed by atoms with Crippen LogP contribution in [-0.2, 0) is 4.74 Å². The fourth-order valence-electron chi connectivity index (χ4n) is 3.13. The second-order valence-electron chi connectivity index (χ2n) is 6.23. The van der Waals surface area contributed by atoms with Crippen molar-refractivity contribution >= 4 is 22.8 Å². The second kappa shape index (κ2) is 4.70. The molecule has 3 heterocycles. The predicted octanol–water partition coefficient (Wildman–Crippen LogP) is 2.20. The van der Waals surface area contributed by atoms with Gasteiger partial charge in [-0.2, -0.15) is 4.68 Å². The van der Waals surface area contributed by atoms with E-state index in [4.69, 9.17) is 10.5 Å². The normalized spacial score (nSPS) is 29.1. The van der Waals surface area contributed by atoms with Gasteiger partial charge in [-0.15, -0.1) is 5.10 Å². The Hall–Kier alpha value is -2.09. The lowest BCUT2D eigenvalue weighted by atomic mass is 10.0. The lowest BCUT2D eigenvalue weighted by Gasteiger charge is -2.12. The minimum atomic E-state index is -2.71. The molecule has 2 aromatic rings. The topological polar surface area (TPSA) is 83.0 Å². The Labute approximate surface area is 130 Å². The number of nitrogens with zero attached hydrogens (tertiary/aromatic N) is 3. The van der Waals surface area contributed by atoms with E-state index in [9.17, 15) is 13.6 Å². The summed E-state index contributed by atoms with van der Waals surface area (Å²) in [6.45, 7) is 2.34. The molecule has 4 rings (SSSR count). The van der Waals surface area contributed by atoms with Gasteiger partial charge in [0.15, 0.2) is 11.5 Å². The van der Waals surface area contributed by atoms with Gasteiger partial charge >= 0.3 is 0 Å². The zero-order valence-electron chi connectivity index (χ0n) is 12.5. The third kappa shape index (κ3) is 2.20. The third-order valence-electron chi connectivity index (χ3n) is 4.67. The Morgan fingerprint density at radius 1 is 1.48 bits per heavy atom. The number of carbonyl (C=O) groups excluding carboxylic acids is 1. The number of hydrogen-bond acceptors (Lipinski definition) is 5. The highest BCUT2D eigenvalue weighted by Crippen LogP contribution is 2.55. The number of nitrogen functional groups attached to an aromatic ring is 1. The van der Waals surface area contributed by atoms with Crippen molar-refractivity contribution in [3.8, 4) is 0 Å². The highest BCUT2D eigenvalue weighted by molar-refractivity contribution is 5.95. The standard InChI is InChI=1S/C15H16F2N4O2/c1-7-8(4-5-23-7)14(22)21-13-9(12(18)20-21)2-3-11(19-13)10-6-15(10,16)17/h2-3,7-8,10H,4-6H2,1H3,(H2,18,20). The van der Waals surface area contributed by atoms with Gasteiger partial charge < -0.3 is 10.5 Å². The van der Waals surface area contributed by atoms with Crippen LogP contribution in [0.2, 0.25) is 0 Å². The number of ether oxygens (including phenoxy) is 1. The molecular formula is C15H16F2N4O2. The number of rotatable bonds is 2. The fraction of sp³-hybridized carbons (Fsp3) is 0.533. The molecule has 1 aliphatic carbocycles. The number of anilines is 1. The summed E-state index contributed by atoms with van der Waals surface area (Å²) >= 11 is 0. The smallest absolute Gasteiger partial charge is 0.257 e. The zero-order valence-corrected chi connectivity index (χ0v) is 12.5. The van der Waals surface area contributed by atoms with Crippen molar-refractivity contribution < 1.29 is 18.3 Å². The molecule has 3 atom stereocenters. The van der Waals surface area contributed by atoms with E-state index in [0.29, 0.717) is 18.4 Å². The molecule has 2 fully saturated rings. The lowest BCUT2D eigenvalue weighted by molar-refractivity contribution is 0.0679. The van der Waals surface area contributed by atoms with Crippen LogP contribution < -0.4 is 5.73 Å². The van der Waals surface area contributed by atoms with Gasteiger partial charge in [0, 0.05) is 13.0 Å². The first kappa shape index (κ1) is 14.5. The molecule has 8 heteroatoms. The fourth-order valence-corrected chi connectivity index (χ4v) is 3.13. The van der Waals surface area contributed by atoms with E-state index < -0.39 is 11.8 Å². The van der Waals surface area contributed by atoms with Crippen molar-refractivity contribution in [2.75, 3.05) is 12.3 Å². The van der Waals surface area contributed by atoms with Gasteiger partial charge in [-0.05, 0) is 25.5 Å². The van der Waals surface area contributed by atoms with Crippen molar-refractivity contribution in [1.29, 1.82) is 0 Å². The molecule has 1 saturated heterocycles. The van der Waals surface area contributed by atoms with Crippen LogP contribution in [0.25, 0.3) is 11.0 Å². The molecule has 1 saturated carbocycles. The van der Waals surface area contributed by atoms with Crippen LogP contribution in [0.5, 0.6) is 0 Å². The van der Waals surface area contributed by atoms with Crippen LogP contribution >= 0.6 is 0 Å². The van der Waals surface area contributed by atoms with Crippen molar-refractivity contribution in [1.82, 2.24) is 14.8 Å². The third-order valence-corrected chi connectivity index (χ3v) is 4.67. The van der Waals surface area contributed by atoms with Crippen LogP contribution in [0.1, 0.15) is 36.2 Å². The Morgan fingerprint density at radius 2 is 2.22 bits per heavy atom. The van der Waals surface area contributed by atoms with Gasteiger partial charge in [0.25, 0.3) is 11.8 Å². The maximum absolute atomic E-state index is 13.3. The van der Waals surface area contributed by atoms with Crippen molar-refractivity contribution in [3.05, 3.63) is 17.8 Å². The van der Waals surface area contributed by atoms with E-state index in [1.807, 2.05) is 6.92 Å². The Kier molecular flexibility index (Phi) is 2.96. The van der Waals surface area contributed by atoms with Crippen LogP contribution in [0.3, 0.4) is 0 Å². The van der Waals surface area contributed by atoms with Gasteiger partial charge in [-0.3, -0.25) is 4.79 Å². The molecule has 2 aromatic heterocycles. The minimum Gasteiger partial charge on any atom is -0.382 e. The molecule has 122 valence electrons. The summed E-state index contributed by atoms with van der Waals surface area (Å²) in [6.07, 6.45) is 0.178. The molecule has 0 aromatic carbocycles. The van der Waals surface area contributed by atoms with E-state index in [1.165, 1.54) is 6.07 Å². The average molecular weight is 322 g/mol. The zero-order chi connectivity index (χ0) is 16.4. The molecule has 2 N–H and O–H groups in total. The van der Waals surface area contributed by atoms with Gasteiger partial charge in [0.05, 0.1) is 29.0 Å². The summed E-state index contributed by atoms with van der Waals surface area (Å²) in [5.74, 6) is -4.02. The average Bonchev–Trinajstić information content (AvgIpc) is 2.85. The van der Waals surface area contributed by atoms with Gasteiger partial charge in [0.2, 0.25) is 0 Å². The number of aromatic nitrogens is 3. The number of pyridine rings is 1. The summed E-state index contributed by atoms with van der Waals surface area (Å²) in [7, 11) is 0. The van der Waals surface area contributed by atoms with E-state index >= 15 is 0 Å². The molecule has 1 aliphatic heterocycles. The largest absolute Gasteiger partial charge is 0.382 e. The maximum atomic E-state index is 13.3. The second-order valence-corrected chi connectivity index (χ2v) is 6.23. The monoisotopic (exact) mass is 322 g/mol. The van der Waals surface area contributed by atoms with Gasteiger partial charge in [0.1, 0.15) is 0 Å². The molecule has 0 bridgehead atoms. The summed E-state index contributed by atoms with van der Waals surface area (Å²) in [4.78, 5) is 16.9. The Balaban J connectivity index is 1.77. The molecule has 3 unspecified atom stereocenters. The summed E-state index contributed by atoms with van der Waals surface area (Å²) < 4.78 is 33.1. The van der Waals surface area contributed by atoms with E-state index in [-0.39, 0.29) is 41.5 Å². The highest BCUT2D eigenvalue weighted by atomic mass is 19.3. The van der Waals surface area contributed by atoms with Crippen molar-refractivity contribution in [2.45, 2.75) is 37.7 Å². The first-order valence-corrected chi connectivity index (χ1v) is 7.57. The minimum absolute atomic E-state index is 0.168. The number of fused-ring (bicyclic) bond motifs is 1. The molecule has 6 nitrogen and oxygen atoms in total. The highest BCUT2D eigenvalue weighted by Gasteiger charge is 2.58. The van der Waals surface area contributed by atoms with E-state index in [1.54, 1.807) is 6.07 Å². The predicted molar refractivity (Wildman–Crippen MR) is 78.4 cm³/mol. The SMILES string of the molecule is CC1OCCC1C(=O)n1nc(N)c2ccc(C3CC3(F)F)nc21. The van der Waals surface area contributed by atoms with Crippen LogP contribution in [0.15, 0.2) is 12.1 Å². The van der Waals surface area contributed by atoms with Crippen LogP contribution in [0, 0.1) is 5.92 Å². The van der Waals surface area contributed by atoms with Gasteiger partial charge in [-0.1, -0.05) is 0 Å². The Morgan fingerprint density at radius 3 is 2.83 bits per heavy atom. The molecule has 0 amide bonds. The van der Waals surface area contributed by atoms with E-state index in [2.05, 4.69) is 10.1 Å². The summed E-state index contributed by atoms with van der Waals surface area (Å²) in [6, 6.07) is 3.13.